The topological polar surface area (TPSA) is 72.3 Å². The molecule has 0 aliphatic rings. The molecule has 0 amide bonds. The molecule has 2 aromatic carbocycles. The minimum absolute atomic E-state index is 0. The van der Waals surface area contributed by atoms with Gasteiger partial charge >= 0.3 is 5.97 Å². The lowest BCUT2D eigenvalue weighted by Gasteiger charge is -2.00. The predicted molar refractivity (Wildman–Crippen MR) is 55.9 cm³/mol. The van der Waals surface area contributed by atoms with Gasteiger partial charge in [-0.1, -0.05) is 36.4 Å². The molecule has 0 aromatic heterocycles. The Labute approximate surface area is 81.6 Å². The molecule has 0 heterocycles. The third-order valence-electron chi connectivity index (χ3n) is 2.02. The van der Waals surface area contributed by atoms with Crippen molar-refractivity contribution in [1.29, 1.82) is 0 Å². The summed E-state index contributed by atoms with van der Waals surface area (Å²) in [6.45, 7) is 0. The molecule has 2 aromatic rings. The number of hydrogen-bond donors (Lipinski definition) is 2. The van der Waals surface area contributed by atoms with Gasteiger partial charge in [0.15, 0.2) is 0 Å². The molecule has 0 unspecified atom stereocenters. The van der Waals surface area contributed by atoms with Crippen LogP contribution in [0.4, 0.5) is 0 Å². The van der Waals surface area contributed by atoms with E-state index >= 15 is 0 Å². The molecule has 0 aliphatic heterocycles. The van der Waals surface area contributed by atoms with Crippen LogP contribution in [0, 0.1) is 0 Å². The summed E-state index contributed by atoms with van der Waals surface area (Å²) in [6.07, 6.45) is 0. The molecule has 3 heteroatoms. The molecular formula is C11H11NO2. The van der Waals surface area contributed by atoms with Crippen LogP contribution in [0.2, 0.25) is 0 Å². The van der Waals surface area contributed by atoms with Crippen molar-refractivity contribution in [2.75, 3.05) is 0 Å². The molecule has 0 saturated carbocycles. The fourth-order valence-corrected chi connectivity index (χ4v) is 1.41. The van der Waals surface area contributed by atoms with E-state index < -0.39 is 5.97 Å². The maximum absolute atomic E-state index is 10.8. The molecule has 0 bridgehead atoms. The number of carboxylic acids is 1. The van der Waals surface area contributed by atoms with Gasteiger partial charge in [-0.25, -0.2) is 4.79 Å². The lowest BCUT2D eigenvalue weighted by Crippen LogP contribution is -1.96. The summed E-state index contributed by atoms with van der Waals surface area (Å²) in [7, 11) is 0. The molecule has 2 rings (SSSR count). The molecule has 14 heavy (non-hydrogen) atoms. The summed E-state index contributed by atoms with van der Waals surface area (Å²) in [4.78, 5) is 10.8. The summed E-state index contributed by atoms with van der Waals surface area (Å²) in [5.74, 6) is -0.878. The maximum atomic E-state index is 10.8. The molecule has 0 fully saturated rings. The third-order valence-corrected chi connectivity index (χ3v) is 2.02. The van der Waals surface area contributed by atoms with E-state index in [1.807, 2.05) is 30.3 Å². The molecule has 0 radical (unpaired) electrons. The zero-order chi connectivity index (χ0) is 9.26. The fourth-order valence-electron chi connectivity index (χ4n) is 1.41. The van der Waals surface area contributed by atoms with Crippen LogP contribution in [0.15, 0.2) is 42.5 Å². The Balaban J connectivity index is 0.000000980. The SMILES string of the molecule is N.O=C(O)c1cccc2ccccc12. The van der Waals surface area contributed by atoms with E-state index in [0.717, 1.165) is 10.8 Å². The van der Waals surface area contributed by atoms with Gasteiger partial charge in [0, 0.05) is 0 Å². The number of benzene rings is 2. The largest absolute Gasteiger partial charge is 0.478 e. The first kappa shape index (κ1) is 10.2. The molecule has 0 spiro atoms. The van der Waals surface area contributed by atoms with Crippen LogP contribution in [0.3, 0.4) is 0 Å². The summed E-state index contributed by atoms with van der Waals surface area (Å²) in [5, 5.41) is 10.6. The molecule has 72 valence electrons. The first-order chi connectivity index (χ1) is 6.29. The molecule has 0 atom stereocenters. The number of carbonyl (C=O) groups is 1. The molecule has 0 saturated heterocycles. The smallest absolute Gasteiger partial charge is 0.336 e. The number of rotatable bonds is 1. The number of hydrogen-bond acceptors (Lipinski definition) is 2. The highest BCUT2D eigenvalue weighted by Crippen LogP contribution is 2.17. The molecule has 3 nitrogen and oxygen atoms in total. The summed E-state index contributed by atoms with van der Waals surface area (Å²) < 4.78 is 0. The van der Waals surface area contributed by atoms with E-state index in [-0.39, 0.29) is 6.15 Å². The number of fused-ring (bicyclic) bond motifs is 1. The van der Waals surface area contributed by atoms with Gasteiger partial charge in [0.1, 0.15) is 0 Å². The highest BCUT2D eigenvalue weighted by Gasteiger charge is 2.05. The highest BCUT2D eigenvalue weighted by atomic mass is 16.4. The monoisotopic (exact) mass is 189 g/mol. The van der Waals surface area contributed by atoms with Crippen molar-refractivity contribution in [3.05, 3.63) is 48.0 Å². The quantitative estimate of drug-likeness (QED) is 0.724. The summed E-state index contributed by atoms with van der Waals surface area (Å²) in [6, 6.07) is 12.7. The van der Waals surface area contributed by atoms with Gasteiger partial charge in [-0.15, -0.1) is 0 Å². The van der Waals surface area contributed by atoms with Gasteiger partial charge < -0.3 is 11.3 Å². The van der Waals surface area contributed by atoms with Crippen molar-refractivity contribution < 1.29 is 9.90 Å². The summed E-state index contributed by atoms with van der Waals surface area (Å²) in [5.41, 5.74) is 0.359. The first-order valence-corrected chi connectivity index (χ1v) is 4.00. The Morgan fingerprint density at radius 2 is 1.64 bits per heavy atom. The zero-order valence-corrected chi connectivity index (χ0v) is 7.60. The van der Waals surface area contributed by atoms with Crippen LogP contribution >= 0.6 is 0 Å². The van der Waals surface area contributed by atoms with Crippen LogP contribution in [0.1, 0.15) is 10.4 Å². The second kappa shape index (κ2) is 3.89. The zero-order valence-electron chi connectivity index (χ0n) is 7.60. The Morgan fingerprint density at radius 3 is 2.36 bits per heavy atom. The lowest BCUT2D eigenvalue weighted by atomic mass is 10.1. The van der Waals surface area contributed by atoms with Crippen molar-refractivity contribution >= 4 is 16.7 Å². The lowest BCUT2D eigenvalue weighted by molar-refractivity contribution is 0.0699. The average molecular weight is 189 g/mol. The maximum Gasteiger partial charge on any atom is 0.336 e. The van der Waals surface area contributed by atoms with E-state index in [1.165, 1.54) is 0 Å². The van der Waals surface area contributed by atoms with E-state index in [2.05, 4.69) is 0 Å². The van der Waals surface area contributed by atoms with Crippen LogP contribution in [0.25, 0.3) is 10.8 Å². The van der Waals surface area contributed by atoms with Crippen LogP contribution < -0.4 is 6.15 Å². The van der Waals surface area contributed by atoms with Gasteiger partial charge in [-0.05, 0) is 16.8 Å². The van der Waals surface area contributed by atoms with E-state index in [0.29, 0.717) is 5.56 Å². The standard InChI is InChI=1S/C11H8O2.H3N/c12-11(13)10-7-3-5-8-4-1-2-6-9(8)10;/h1-7H,(H,12,13);1H3. The van der Waals surface area contributed by atoms with Crippen molar-refractivity contribution in [1.82, 2.24) is 6.15 Å². The second-order valence-corrected chi connectivity index (χ2v) is 2.83. The predicted octanol–water partition coefficient (Wildman–Crippen LogP) is 2.70. The molecular weight excluding hydrogens is 178 g/mol. The molecule has 4 N–H and O–H groups in total. The van der Waals surface area contributed by atoms with Crippen LogP contribution in [-0.2, 0) is 0 Å². The van der Waals surface area contributed by atoms with Crippen molar-refractivity contribution in [2.24, 2.45) is 0 Å². The van der Waals surface area contributed by atoms with E-state index in [1.54, 1.807) is 12.1 Å². The van der Waals surface area contributed by atoms with Gasteiger partial charge in [-0.2, -0.15) is 0 Å². The first-order valence-electron chi connectivity index (χ1n) is 4.00. The van der Waals surface area contributed by atoms with Gasteiger partial charge in [-0.3, -0.25) is 0 Å². The minimum Gasteiger partial charge on any atom is -0.478 e. The second-order valence-electron chi connectivity index (χ2n) is 2.83. The van der Waals surface area contributed by atoms with E-state index in [4.69, 9.17) is 5.11 Å². The van der Waals surface area contributed by atoms with Crippen molar-refractivity contribution in [3.8, 4) is 0 Å². The van der Waals surface area contributed by atoms with Crippen molar-refractivity contribution in [2.45, 2.75) is 0 Å². The Bertz CT molecular complexity index is 460. The van der Waals surface area contributed by atoms with Gasteiger partial charge in [0.25, 0.3) is 0 Å². The fraction of sp³-hybridized carbons (Fsp3) is 0. The normalized spacial score (nSPS) is 9.43. The van der Waals surface area contributed by atoms with Gasteiger partial charge in [0.05, 0.1) is 5.56 Å². The Kier molecular flexibility index (Phi) is 2.84. The Hall–Kier alpha value is -1.87. The van der Waals surface area contributed by atoms with E-state index in [9.17, 15) is 4.79 Å². The van der Waals surface area contributed by atoms with Crippen molar-refractivity contribution in [3.63, 3.8) is 0 Å². The minimum atomic E-state index is -0.878. The van der Waals surface area contributed by atoms with Gasteiger partial charge in [0.2, 0.25) is 0 Å². The highest BCUT2D eigenvalue weighted by molar-refractivity contribution is 6.03. The Morgan fingerprint density at radius 1 is 1.00 bits per heavy atom. The molecule has 0 aliphatic carbocycles. The third kappa shape index (κ3) is 1.58. The average Bonchev–Trinajstić information content (AvgIpc) is 2.17. The van der Waals surface area contributed by atoms with Crippen LogP contribution in [-0.4, -0.2) is 11.1 Å². The number of aromatic carboxylic acids is 1. The van der Waals surface area contributed by atoms with Crippen LogP contribution in [0.5, 0.6) is 0 Å². The number of carboxylic acid groups (broad SMARTS) is 1. The summed E-state index contributed by atoms with van der Waals surface area (Å²) >= 11 is 0.